The number of nitrogens with one attached hydrogen (secondary N) is 1. The molecule has 3 aromatic carbocycles. The Hall–Kier alpha value is -3.35. The Kier molecular flexibility index (Phi) is 7.50. The first-order valence-electron chi connectivity index (χ1n) is 11.2. The number of halogens is 1. The second-order valence-electron chi connectivity index (χ2n) is 8.44. The summed E-state index contributed by atoms with van der Waals surface area (Å²) in [4.78, 5) is 17.3. The van der Waals surface area contributed by atoms with Crippen molar-refractivity contribution in [2.45, 2.75) is 39.5 Å². The summed E-state index contributed by atoms with van der Waals surface area (Å²) in [7, 11) is 0. The molecule has 1 aromatic heterocycles. The molecule has 2 N–H and O–H groups in total. The Labute approximate surface area is 204 Å². The first-order chi connectivity index (χ1) is 16.4. The average Bonchev–Trinajstić information content (AvgIpc) is 3.15. The number of nitrogens with zero attached hydrogens (tertiary/aromatic N) is 2. The van der Waals surface area contributed by atoms with Crippen molar-refractivity contribution in [1.82, 2.24) is 14.9 Å². The molecule has 4 rings (SSSR count). The van der Waals surface area contributed by atoms with Crippen LogP contribution in [0.5, 0.6) is 5.75 Å². The monoisotopic (exact) mass is 477 g/mol. The number of carbonyl (C=O) groups is 1. The fraction of sp³-hybridized carbons (Fsp3) is 0.259. The first-order valence-corrected chi connectivity index (χ1v) is 11.6. The molecule has 1 atom stereocenters. The summed E-state index contributed by atoms with van der Waals surface area (Å²) in [5, 5.41) is 14.3. The minimum atomic E-state index is -0.769. The van der Waals surface area contributed by atoms with Gasteiger partial charge in [-0.15, -0.1) is 0 Å². The van der Waals surface area contributed by atoms with Crippen LogP contribution in [0.4, 0.5) is 0 Å². The number of ether oxygens (including phenoxy) is 1. The van der Waals surface area contributed by atoms with Crippen LogP contribution in [-0.2, 0) is 24.3 Å². The molecule has 6 nitrogen and oxygen atoms in total. The van der Waals surface area contributed by atoms with E-state index >= 15 is 0 Å². The first kappa shape index (κ1) is 23.8. The second kappa shape index (κ2) is 10.7. The standard InChI is InChI=1S/C27H28ClN3O3/c1-18-7-12-25(19(2)13-18)34-17-22(32)16-31-24-6-4-3-5-23(24)30-26(31)14-27(33)29-15-20-8-10-21(28)11-9-20/h3-13,22,32H,14-17H2,1-2H3,(H,29,33). The summed E-state index contributed by atoms with van der Waals surface area (Å²) >= 11 is 5.92. The van der Waals surface area contributed by atoms with Gasteiger partial charge >= 0.3 is 0 Å². The second-order valence-corrected chi connectivity index (χ2v) is 8.88. The molecule has 176 valence electrons. The maximum absolute atomic E-state index is 12.7. The topological polar surface area (TPSA) is 76.4 Å². The quantitative estimate of drug-likeness (QED) is 0.369. The van der Waals surface area contributed by atoms with E-state index in [0.29, 0.717) is 17.4 Å². The van der Waals surface area contributed by atoms with Crippen molar-refractivity contribution in [2.75, 3.05) is 6.61 Å². The van der Waals surface area contributed by atoms with Gasteiger partial charge in [-0.25, -0.2) is 4.98 Å². The lowest BCUT2D eigenvalue weighted by molar-refractivity contribution is -0.120. The van der Waals surface area contributed by atoms with Crippen molar-refractivity contribution >= 4 is 28.5 Å². The maximum atomic E-state index is 12.7. The van der Waals surface area contributed by atoms with Crippen LogP contribution in [0.2, 0.25) is 5.02 Å². The molecule has 0 aliphatic carbocycles. The van der Waals surface area contributed by atoms with Gasteiger partial charge in [0.2, 0.25) is 5.91 Å². The van der Waals surface area contributed by atoms with Crippen molar-refractivity contribution < 1.29 is 14.6 Å². The van der Waals surface area contributed by atoms with Gasteiger partial charge in [-0.2, -0.15) is 0 Å². The van der Waals surface area contributed by atoms with Crippen LogP contribution in [0.3, 0.4) is 0 Å². The Morgan fingerprint density at radius 1 is 1.12 bits per heavy atom. The average molecular weight is 478 g/mol. The van der Waals surface area contributed by atoms with E-state index in [4.69, 9.17) is 16.3 Å². The van der Waals surface area contributed by atoms with E-state index < -0.39 is 6.10 Å². The van der Waals surface area contributed by atoms with Gasteiger partial charge in [-0.1, -0.05) is 53.6 Å². The van der Waals surface area contributed by atoms with Gasteiger partial charge in [0, 0.05) is 11.6 Å². The van der Waals surface area contributed by atoms with Crippen LogP contribution in [0, 0.1) is 13.8 Å². The number of imidazole rings is 1. The maximum Gasteiger partial charge on any atom is 0.227 e. The highest BCUT2D eigenvalue weighted by atomic mass is 35.5. The van der Waals surface area contributed by atoms with Crippen LogP contribution in [0.25, 0.3) is 11.0 Å². The van der Waals surface area contributed by atoms with E-state index in [0.717, 1.165) is 33.5 Å². The molecule has 0 spiro atoms. The van der Waals surface area contributed by atoms with E-state index in [9.17, 15) is 9.90 Å². The highest BCUT2D eigenvalue weighted by Gasteiger charge is 2.17. The number of hydrogen-bond donors (Lipinski definition) is 2. The lowest BCUT2D eigenvalue weighted by Crippen LogP contribution is -2.28. The van der Waals surface area contributed by atoms with Crippen molar-refractivity contribution in [3.8, 4) is 5.75 Å². The summed E-state index contributed by atoms with van der Waals surface area (Å²) in [6.45, 7) is 4.83. The van der Waals surface area contributed by atoms with Crippen molar-refractivity contribution in [3.05, 3.63) is 94.3 Å². The zero-order valence-corrected chi connectivity index (χ0v) is 20.0. The highest BCUT2D eigenvalue weighted by Crippen LogP contribution is 2.20. The number of aryl methyl sites for hydroxylation is 2. The smallest absolute Gasteiger partial charge is 0.227 e. The molecule has 0 bridgehead atoms. The van der Waals surface area contributed by atoms with Crippen LogP contribution in [-0.4, -0.2) is 33.3 Å². The summed E-state index contributed by atoms with van der Waals surface area (Å²) in [5.74, 6) is 1.20. The van der Waals surface area contributed by atoms with Gasteiger partial charge in [-0.05, 0) is 55.3 Å². The van der Waals surface area contributed by atoms with Crippen molar-refractivity contribution in [1.29, 1.82) is 0 Å². The van der Waals surface area contributed by atoms with Crippen LogP contribution < -0.4 is 10.1 Å². The number of fused-ring (bicyclic) bond motifs is 1. The molecule has 7 heteroatoms. The summed E-state index contributed by atoms with van der Waals surface area (Å²) in [6.07, 6.45) is -0.665. The number of aromatic nitrogens is 2. The Morgan fingerprint density at radius 2 is 1.88 bits per heavy atom. The molecule has 0 aliphatic rings. The minimum Gasteiger partial charge on any atom is -0.491 e. The van der Waals surface area contributed by atoms with Gasteiger partial charge in [-0.3, -0.25) is 4.79 Å². The molecular formula is C27H28ClN3O3. The zero-order chi connectivity index (χ0) is 24.1. The largest absolute Gasteiger partial charge is 0.491 e. The van der Waals surface area contributed by atoms with E-state index in [1.54, 1.807) is 12.1 Å². The molecule has 1 unspecified atom stereocenters. The molecular weight excluding hydrogens is 450 g/mol. The number of carbonyl (C=O) groups excluding carboxylic acids is 1. The molecule has 1 amide bonds. The Balaban J connectivity index is 1.43. The SMILES string of the molecule is Cc1ccc(OCC(O)Cn2c(CC(=O)NCc3ccc(Cl)cc3)nc3ccccc32)c(C)c1. The number of rotatable bonds is 9. The molecule has 0 saturated heterocycles. The van der Waals surface area contributed by atoms with E-state index in [2.05, 4.69) is 10.3 Å². The number of amides is 1. The third-order valence-electron chi connectivity index (χ3n) is 5.61. The minimum absolute atomic E-state index is 0.104. The van der Waals surface area contributed by atoms with Crippen molar-refractivity contribution in [2.24, 2.45) is 0 Å². The van der Waals surface area contributed by atoms with Gasteiger partial charge < -0.3 is 19.7 Å². The highest BCUT2D eigenvalue weighted by molar-refractivity contribution is 6.30. The van der Waals surface area contributed by atoms with E-state index in [-0.39, 0.29) is 25.5 Å². The molecule has 34 heavy (non-hydrogen) atoms. The number of para-hydroxylation sites is 2. The third-order valence-corrected chi connectivity index (χ3v) is 5.86. The van der Waals surface area contributed by atoms with Gasteiger partial charge in [0.15, 0.2) is 0 Å². The van der Waals surface area contributed by atoms with E-state index in [1.165, 1.54) is 0 Å². The fourth-order valence-electron chi connectivity index (χ4n) is 3.88. The van der Waals surface area contributed by atoms with Crippen molar-refractivity contribution in [3.63, 3.8) is 0 Å². The molecule has 0 aliphatic heterocycles. The lowest BCUT2D eigenvalue weighted by atomic mass is 10.1. The van der Waals surface area contributed by atoms with Gasteiger partial charge in [0.05, 0.1) is 24.0 Å². The van der Waals surface area contributed by atoms with Gasteiger partial charge in [0.25, 0.3) is 0 Å². The third kappa shape index (κ3) is 5.95. The number of benzene rings is 3. The predicted molar refractivity (Wildman–Crippen MR) is 134 cm³/mol. The van der Waals surface area contributed by atoms with Crippen LogP contribution >= 0.6 is 11.6 Å². The Morgan fingerprint density at radius 3 is 2.65 bits per heavy atom. The molecule has 0 radical (unpaired) electrons. The van der Waals surface area contributed by atoms with E-state index in [1.807, 2.05) is 73.0 Å². The lowest BCUT2D eigenvalue weighted by Gasteiger charge is -2.17. The summed E-state index contributed by atoms with van der Waals surface area (Å²) in [6, 6.07) is 21.0. The number of aliphatic hydroxyl groups excluding tert-OH is 1. The molecule has 1 heterocycles. The van der Waals surface area contributed by atoms with Crippen LogP contribution in [0.15, 0.2) is 66.7 Å². The number of aliphatic hydroxyl groups is 1. The van der Waals surface area contributed by atoms with Crippen LogP contribution in [0.1, 0.15) is 22.5 Å². The molecule has 4 aromatic rings. The predicted octanol–water partition coefficient (Wildman–Crippen LogP) is 4.61. The zero-order valence-electron chi connectivity index (χ0n) is 19.3. The summed E-state index contributed by atoms with van der Waals surface area (Å²) in [5.41, 5.74) is 4.80. The normalized spacial score (nSPS) is 12.0. The summed E-state index contributed by atoms with van der Waals surface area (Å²) < 4.78 is 7.75. The number of hydrogen-bond acceptors (Lipinski definition) is 4. The molecule has 0 fully saturated rings. The molecule has 0 saturated carbocycles. The Bertz CT molecular complexity index is 1280. The fourth-order valence-corrected chi connectivity index (χ4v) is 4.01. The van der Waals surface area contributed by atoms with Gasteiger partial charge in [0.1, 0.15) is 24.3 Å².